The zero-order chi connectivity index (χ0) is 29.0. The van der Waals surface area contributed by atoms with Crippen LogP contribution in [0.1, 0.15) is 5.56 Å². The van der Waals surface area contributed by atoms with Crippen LogP contribution in [0.2, 0.25) is 0 Å². The molecule has 11 nitrogen and oxygen atoms in total. The molecule has 4 heterocycles. The maximum absolute atomic E-state index is 6.01. The summed E-state index contributed by atoms with van der Waals surface area (Å²) in [5.74, 6) is 3.58. The number of benzene rings is 3. The Bertz CT molecular complexity index is 1850. The summed E-state index contributed by atoms with van der Waals surface area (Å²) in [7, 11) is 1.59. The van der Waals surface area contributed by atoms with Crippen molar-refractivity contribution in [2.24, 2.45) is 0 Å². The van der Waals surface area contributed by atoms with E-state index in [-0.39, 0.29) is 0 Å². The van der Waals surface area contributed by atoms with Gasteiger partial charge in [-0.25, -0.2) is 15.0 Å². The summed E-state index contributed by atoms with van der Waals surface area (Å²) in [6, 6.07) is 23.6. The van der Waals surface area contributed by atoms with E-state index in [9.17, 15) is 0 Å². The molecule has 0 saturated carbocycles. The number of nitrogens with one attached hydrogen (secondary N) is 3. The number of rotatable bonds is 9. The molecule has 0 atom stereocenters. The molecule has 0 bridgehead atoms. The monoisotopic (exact) mass is 574 g/mol. The number of morpholine rings is 1. The van der Waals surface area contributed by atoms with Crippen molar-refractivity contribution in [3.05, 3.63) is 90.8 Å². The lowest BCUT2D eigenvalue weighted by Gasteiger charge is -2.26. The van der Waals surface area contributed by atoms with E-state index in [0.29, 0.717) is 40.3 Å². The van der Waals surface area contributed by atoms with E-state index >= 15 is 0 Å². The molecule has 0 amide bonds. The Morgan fingerprint density at radius 1 is 0.953 bits per heavy atom. The van der Waals surface area contributed by atoms with Gasteiger partial charge in [-0.15, -0.1) is 0 Å². The second kappa shape index (κ2) is 11.9. The Labute approximate surface area is 247 Å². The summed E-state index contributed by atoms with van der Waals surface area (Å²) >= 11 is 0. The number of H-pyrrole nitrogens is 2. The third-order valence-corrected chi connectivity index (χ3v) is 7.22. The second-order valence-electron chi connectivity index (χ2n) is 10.2. The Balaban J connectivity index is 1.14. The fourth-order valence-electron chi connectivity index (χ4n) is 5.04. The van der Waals surface area contributed by atoms with Crippen molar-refractivity contribution in [2.45, 2.75) is 6.54 Å². The Morgan fingerprint density at radius 3 is 2.67 bits per heavy atom. The number of aromatic nitrogens is 6. The van der Waals surface area contributed by atoms with Gasteiger partial charge in [0.2, 0.25) is 0 Å². The molecule has 43 heavy (non-hydrogen) atoms. The van der Waals surface area contributed by atoms with Gasteiger partial charge in [-0.1, -0.05) is 36.4 Å². The first-order chi connectivity index (χ1) is 21.2. The molecule has 1 saturated heterocycles. The van der Waals surface area contributed by atoms with E-state index in [1.54, 1.807) is 19.5 Å². The molecule has 0 unspecified atom stereocenters. The average Bonchev–Trinajstić information content (AvgIpc) is 3.69. The minimum Gasteiger partial charge on any atom is -0.491 e. The lowest BCUT2D eigenvalue weighted by atomic mass is 10.2. The van der Waals surface area contributed by atoms with Gasteiger partial charge in [0.05, 0.1) is 43.2 Å². The third-order valence-electron chi connectivity index (χ3n) is 7.22. The number of imidazole rings is 1. The van der Waals surface area contributed by atoms with Crippen LogP contribution in [0.5, 0.6) is 17.2 Å². The summed E-state index contributed by atoms with van der Waals surface area (Å²) in [5, 5.41) is 10.8. The molecule has 1 aliphatic rings. The molecule has 6 aromatic rings. The number of methoxy groups -OCH3 is 1. The van der Waals surface area contributed by atoms with Crippen molar-refractivity contribution in [1.29, 1.82) is 0 Å². The zero-order valence-corrected chi connectivity index (χ0v) is 23.6. The Morgan fingerprint density at radius 2 is 1.81 bits per heavy atom. The van der Waals surface area contributed by atoms with E-state index < -0.39 is 0 Å². The number of nitrogens with zero attached hydrogens (tertiary/aromatic N) is 5. The van der Waals surface area contributed by atoms with Crippen LogP contribution in [0, 0.1) is 0 Å². The second-order valence-corrected chi connectivity index (χ2v) is 10.2. The van der Waals surface area contributed by atoms with Crippen LogP contribution in [-0.4, -0.2) is 68.4 Å². The van der Waals surface area contributed by atoms with Crippen molar-refractivity contribution in [3.8, 4) is 40.2 Å². The van der Waals surface area contributed by atoms with Gasteiger partial charge in [-0.2, -0.15) is 5.10 Å². The molecule has 0 spiro atoms. The summed E-state index contributed by atoms with van der Waals surface area (Å²) in [4.78, 5) is 20.0. The van der Waals surface area contributed by atoms with Gasteiger partial charge in [0.15, 0.2) is 28.9 Å². The van der Waals surface area contributed by atoms with Crippen LogP contribution in [0.25, 0.3) is 33.9 Å². The number of ether oxygens (including phenoxy) is 3. The number of aromatic amines is 2. The van der Waals surface area contributed by atoms with Crippen LogP contribution >= 0.6 is 0 Å². The van der Waals surface area contributed by atoms with Crippen LogP contribution < -0.4 is 14.8 Å². The molecular weight excluding hydrogens is 544 g/mol. The minimum atomic E-state index is 0.491. The zero-order valence-electron chi connectivity index (χ0n) is 23.6. The van der Waals surface area contributed by atoms with Crippen LogP contribution in [0.3, 0.4) is 0 Å². The maximum Gasteiger partial charge on any atom is 0.179 e. The van der Waals surface area contributed by atoms with E-state index in [2.05, 4.69) is 48.6 Å². The van der Waals surface area contributed by atoms with Crippen molar-refractivity contribution in [2.75, 3.05) is 38.7 Å². The van der Waals surface area contributed by atoms with E-state index in [1.165, 1.54) is 5.56 Å². The SMILES string of the molecule is COc1cnc(-c2cccc(Oc3ccccc3)c2)nc1Nc1c[nH]nc1-c1nc2cc(CN3CCOCC3)ccc2[nH]1. The number of hydrogen-bond acceptors (Lipinski definition) is 9. The molecule has 1 fully saturated rings. The summed E-state index contributed by atoms with van der Waals surface area (Å²) in [5.41, 5.74) is 5.16. The van der Waals surface area contributed by atoms with Crippen LogP contribution in [0.15, 0.2) is 85.2 Å². The lowest BCUT2D eigenvalue weighted by Crippen LogP contribution is -2.35. The largest absolute Gasteiger partial charge is 0.491 e. The highest BCUT2D eigenvalue weighted by atomic mass is 16.5. The molecule has 0 aliphatic carbocycles. The Kier molecular flexibility index (Phi) is 7.38. The van der Waals surface area contributed by atoms with Crippen molar-refractivity contribution >= 4 is 22.5 Å². The molecule has 11 heteroatoms. The number of anilines is 2. The lowest BCUT2D eigenvalue weighted by molar-refractivity contribution is 0.0342. The summed E-state index contributed by atoms with van der Waals surface area (Å²) < 4.78 is 17.1. The van der Waals surface area contributed by atoms with Crippen LogP contribution in [-0.2, 0) is 11.3 Å². The first kappa shape index (κ1) is 26.6. The molecule has 3 aromatic heterocycles. The molecule has 0 radical (unpaired) electrons. The first-order valence-electron chi connectivity index (χ1n) is 14.1. The average molecular weight is 575 g/mol. The van der Waals surface area contributed by atoms with E-state index in [0.717, 1.165) is 55.2 Å². The first-order valence-corrected chi connectivity index (χ1v) is 14.1. The predicted octanol–water partition coefficient (Wildman–Crippen LogP) is 5.79. The minimum absolute atomic E-state index is 0.491. The highest BCUT2D eigenvalue weighted by Crippen LogP contribution is 2.33. The number of fused-ring (bicyclic) bond motifs is 1. The van der Waals surface area contributed by atoms with Gasteiger partial charge in [0.25, 0.3) is 0 Å². The van der Waals surface area contributed by atoms with Gasteiger partial charge in [-0.05, 0) is 42.0 Å². The fourth-order valence-corrected chi connectivity index (χ4v) is 5.04. The van der Waals surface area contributed by atoms with Gasteiger partial charge in [-0.3, -0.25) is 10.00 Å². The number of hydrogen-bond donors (Lipinski definition) is 3. The van der Waals surface area contributed by atoms with Crippen molar-refractivity contribution in [3.63, 3.8) is 0 Å². The van der Waals surface area contributed by atoms with Crippen molar-refractivity contribution in [1.82, 2.24) is 35.0 Å². The van der Waals surface area contributed by atoms with Crippen LogP contribution in [0.4, 0.5) is 11.5 Å². The van der Waals surface area contributed by atoms with Gasteiger partial charge in [0.1, 0.15) is 11.5 Å². The molecular formula is C32H30N8O3. The molecule has 7 rings (SSSR count). The topological polar surface area (TPSA) is 126 Å². The molecule has 1 aliphatic heterocycles. The summed E-state index contributed by atoms with van der Waals surface area (Å²) in [6.07, 6.45) is 3.41. The number of para-hydroxylation sites is 1. The molecule has 3 aromatic carbocycles. The van der Waals surface area contributed by atoms with Gasteiger partial charge in [0, 0.05) is 31.4 Å². The van der Waals surface area contributed by atoms with Gasteiger partial charge >= 0.3 is 0 Å². The molecule has 3 N–H and O–H groups in total. The standard InChI is InChI=1S/C32H30N8O3/c1-41-28-19-33-30(22-6-5-9-24(17-22)43-23-7-3-2-4-8-23)38-31(28)37-27-18-34-39-29(27)32-35-25-11-10-21(16-26(25)36-32)20-40-12-14-42-15-13-40/h2-11,16-19H,12-15,20H2,1H3,(H,34,39)(H,35,36)(H,33,37,38). The normalized spacial score (nSPS) is 13.7. The fraction of sp³-hybridized carbons (Fsp3) is 0.188. The maximum atomic E-state index is 6.01. The predicted molar refractivity (Wildman–Crippen MR) is 164 cm³/mol. The third kappa shape index (κ3) is 5.89. The highest BCUT2D eigenvalue weighted by Gasteiger charge is 2.18. The van der Waals surface area contributed by atoms with Crippen molar-refractivity contribution < 1.29 is 14.2 Å². The smallest absolute Gasteiger partial charge is 0.179 e. The Hall–Kier alpha value is -5.26. The van der Waals surface area contributed by atoms with E-state index in [1.807, 2.05) is 54.6 Å². The van der Waals surface area contributed by atoms with Gasteiger partial charge < -0.3 is 24.5 Å². The highest BCUT2D eigenvalue weighted by molar-refractivity contribution is 5.83. The molecule has 216 valence electrons. The quantitative estimate of drug-likeness (QED) is 0.197. The summed E-state index contributed by atoms with van der Waals surface area (Å²) in [6.45, 7) is 4.29. The van der Waals surface area contributed by atoms with E-state index in [4.69, 9.17) is 24.2 Å².